The molecule has 1 aromatic heterocycles. The lowest BCUT2D eigenvalue weighted by atomic mass is 10.0. The van der Waals surface area contributed by atoms with Gasteiger partial charge in [0, 0.05) is 17.0 Å². The van der Waals surface area contributed by atoms with Crippen LogP contribution in [0.1, 0.15) is 29.7 Å². The fourth-order valence-corrected chi connectivity index (χ4v) is 3.97. The third-order valence-corrected chi connectivity index (χ3v) is 5.38. The molecule has 112 valence electrons. The lowest BCUT2D eigenvalue weighted by Gasteiger charge is -2.19. The van der Waals surface area contributed by atoms with Gasteiger partial charge in [0.25, 0.3) is 0 Å². The molecule has 0 radical (unpaired) electrons. The summed E-state index contributed by atoms with van der Waals surface area (Å²) >= 11 is 1.81. The second-order valence-electron chi connectivity index (χ2n) is 5.69. The lowest BCUT2D eigenvalue weighted by molar-refractivity contribution is 0.0167. The summed E-state index contributed by atoms with van der Waals surface area (Å²) in [6.07, 6.45) is 3.21. The zero-order chi connectivity index (χ0) is 14.7. The van der Waals surface area contributed by atoms with Crippen molar-refractivity contribution in [2.24, 2.45) is 0 Å². The Labute approximate surface area is 130 Å². The second-order valence-corrected chi connectivity index (χ2v) is 6.78. The molecule has 3 nitrogen and oxygen atoms in total. The van der Waals surface area contributed by atoms with E-state index in [4.69, 9.17) is 9.72 Å². The number of aromatic nitrogens is 1. The maximum Gasteiger partial charge on any atom is 0.125 e. The van der Waals surface area contributed by atoms with Gasteiger partial charge < -0.3 is 10.1 Å². The molecule has 21 heavy (non-hydrogen) atoms. The molecule has 2 heterocycles. The highest BCUT2D eigenvalue weighted by Gasteiger charge is 2.35. The SMILES string of the molecule is CNCCc1sc(C2(C)CCCO2)nc1-c1ccccc1. The molecule has 1 unspecified atom stereocenters. The molecule has 1 fully saturated rings. The largest absolute Gasteiger partial charge is 0.368 e. The Morgan fingerprint density at radius 1 is 1.33 bits per heavy atom. The molecular weight excluding hydrogens is 280 g/mol. The fourth-order valence-electron chi connectivity index (χ4n) is 2.76. The van der Waals surface area contributed by atoms with Crippen LogP contribution >= 0.6 is 11.3 Å². The van der Waals surface area contributed by atoms with Crippen molar-refractivity contribution in [3.8, 4) is 11.3 Å². The van der Waals surface area contributed by atoms with E-state index in [1.165, 1.54) is 10.4 Å². The van der Waals surface area contributed by atoms with Crippen molar-refractivity contribution in [3.63, 3.8) is 0 Å². The first-order valence-corrected chi connectivity index (χ1v) is 8.39. The van der Waals surface area contributed by atoms with Crippen molar-refractivity contribution in [1.82, 2.24) is 10.3 Å². The smallest absolute Gasteiger partial charge is 0.125 e. The Morgan fingerprint density at radius 2 is 2.14 bits per heavy atom. The third-order valence-electron chi connectivity index (χ3n) is 4.02. The predicted molar refractivity (Wildman–Crippen MR) is 87.7 cm³/mol. The molecule has 0 aliphatic carbocycles. The van der Waals surface area contributed by atoms with Crippen molar-refractivity contribution < 1.29 is 4.74 Å². The van der Waals surface area contributed by atoms with Crippen LogP contribution in [0.5, 0.6) is 0 Å². The molecule has 1 saturated heterocycles. The van der Waals surface area contributed by atoms with E-state index in [2.05, 4.69) is 36.5 Å². The minimum atomic E-state index is -0.188. The van der Waals surface area contributed by atoms with Crippen LogP contribution in [-0.4, -0.2) is 25.2 Å². The number of hydrogen-bond acceptors (Lipinski definition) is 4. The van der Waals surface area contributed by atoms with Gasteiger partial charge in [-0.3, -0.25) is 0 Å². The second kappa shape index (κ2) is 6.26. The van der Waals surface area contributed by atoms with Gasteiger partial charge in [0.1, 0.15) is 10.6 Å². The summed E-state index contributed by atoms with van der Waals surface area (Å²) < 4.78 is 5.97. The Morgan fingerprint density at radius 3 is 2.81 bits per heavy atom. The molecule has 4 heteroatoms. The number of benzene rings is 1. The number of nitrogens with zero attached hydrogens (tertiary/aromatic N) is 1. The van der Waals surface area contributed by atoms with E-state index in [-0.39, 0.29) is 5.60 Å². The minimum Gasteiger partial charge on any atom is -0.368 e. The number of ether oxygens (including phenoxy) is 1. The molecule has 0 spiro atoms. The molecule has 0 bridgehead atoms. The van der Waals surface area contributed by atoms with Crippen LogP contribution in [0.15, 0.2) is 30.3 Å². The maximum atomic E-state index is 5.97. The summed E-state index contributed by atoms with van der Waals surface area (Å²) in [6, 6.07) is 10.5. The number of thiazole rings is 1. The van der Waals surface area contributed by atoms with Gasteiger partial charge in [-0.2, -0.15) is 0 Å². The van der Waals surface area contributed by atoms with Crippen molar-refractivity contribution in [2.75, 3.05) is 20.2 Å². The van der Waals surface area contributed by atoms with E-state index >= 15 is 0 Å². The molecule has 1 aliphatic heterocycles. The molecule has 1 aromatic carbocycles. The van der Waals surface area contributed by atoms with Crippen molar-refractivity contribution in [2.45, 2.75) is 31.8 Å². The summed E-state index contributed by atoms with van der Waals surface area (Å²) in [7, 11) is 1.99. The Balaban J connectivity index is 1.99. The quantitative estimate of drug-likeness (QED) is 0.916. The summed E-state index contributed by atoms with van der Waals surface area (Å²) in [5, 5.41) is 4.36. The number of hydrogen-bond donors (Lipinski definition) is 1. The van der Waals surface area contributed by atoms with Gasteiger partial charge in [-0.15, -0.1) is 11.3 Å². The van der Waals surface area contributed by atoms with Gasteiger partial charge >= 0.3 is 0 Å². The van der Waals surface area contributed by atoms with Crippen molar-refractivity contribution in [1.29, 1.82) is 0 Å². The van der Waals surface area contributed by atoms with Crippen molar-refractivity contribution in [3.05, 3.63) is 40.2 Å². The first-order valence-electron chi connectivity index (χ1n) is 7.57. The number of likely N-dealkylation sites (N-methyl/N-ethyl adjacent to an activating group) is 1. The van der Waals surface area contributed by atoms with Crippen molar-refractivity contribution >= 4 is 11.3 Å². The molecule has 2 aromatic rings. The molecule has 0 amide bonds. The van der Waals surface area contributed by atoms with Gasteiger partial charge in [0.2, 0.25) is 0 Å². The van der Waals surface area contributed by atoms with Crippen LogP contribution in [0.4, 0.5) is 0 Å². The normalized spacial score (nSPS) is 21.8. The van der Waals surface area contributed by atoms with Gasteiger partial charge in [-0.1, -0.05) is 30.3 Å². The maximum absolute atomic E-state index is 5.97. The monoisotopic (exact) mass is 302 g/mol. The highest BCUT2D eigenvalue weighted by molar-refractivity contribution is 7.12. The van der Waals surface area contributed by atoms with E-state index in [0.29, 0.717) is 0 Å². The van der Waals surface area contributed by atoms with Crippen LogP contribution in [0.3, 0.4) is 0 Å². The number of rotatable bonds is 5. The summed E-state index contributed by atoms with van der Waals surface area (Å²) in [5.41, 5.74) is 2.14. The molecule has 1 atom stereocenters. The summed E-state index contributed by atoms with van der Waals surface area (Å²) in [5.74, 6) is 0. The van der Waals surface area contributed by atoms with E-state index in [0.717, 1.165) is 43.1 Å². The first kappa shape index (κ1) is 14.7. The number of nitrogens with one attached hydrogen (secondary N) is 1. The standard InChI is InChI=1S/C17H22N2OS/c1-17(10-6-12-20-17)16-19-15(13-7-4-3-5-8-13)14(21-16)9-11-18-2/h3-5,7-8,18H,6,9-12H2,1-2H3. The van der Waals surface area contributed by atoms with Crippen LogP contribution in [0.2, 0.25) is 0 Å². The third kappa shape index (κ3) is 3.03. The molecule has 0 saturated carbocycles. The van der Waals surface area contributed by atoms with Crippen LogP contribution in [0, 0.1) is 0 Å². The predicted octanol–water partition coefficient (Wildman–Crippen LogP) is 3.60. The zero-order valence-electron chi connectivity index (χ0n) is 12.7. The van der Waals surface area contributed by atoms with Gasteiger partial charge in [0.05, 0.1) is 5.69 Å². The fraction of sp³-hybridized carbons (Fsp3) is 0.471. The van der Waals surface area contributed by atoms with Gasteiger partial charge in [-0.25, -0.2) is 4.98 Å². The average molecular weight is 302 g/mol. The van der Waals surface area contributed by atoms with Crippen LogP contribution < -0.4 is 5.32 Å². The molecule has 1 aliphatic rings. The topological polar surface area (TPSA) is 34.1 Å². The van der Waals surface area contributed by atoms with Crippen LogP contribution in [-0.2, 0) is 16.8 Å². The Hall–Kier alpha value is -1.23. The Bertz CT molecular complexity index is 588. The van der Waals surface area contributed by atoms with E-state index in [9.17, 15) is 0 Å². The molecular formula is C17H22N2OS. The van der Waals surface area contributed by atoms with Gasteiger partial charge in [0.15, 0.2) is 0 Å². The van der Waals surface area contributed by atoms with E-state index < -0.39 is 0 Å². The molecule has 1 N–H and O–H groups in total. The van der Waals surface area contributed by atoms with E-state index in [1.54, 1.807) is 0 Å². The zero-order valence-corrected chi connectivity index (χ0v) is 13.5. The highest BCUT2D eigenvalue weighted by Crippen LogP contribution is 2.40. The van der Waals surface area contributed by atoms with E-state index in [1.807, 2.05) is 24.5 Å². The molecule has 3 rings (SSSR count). The van der Waals surface area contributed by atoms with Crippen LogP contribution in [0.25, 0.3) is 11.3 Å². The minimum absolute atomic E-state index is 0.188. The lowest BCUT2D eigenvalue weighted by Crippen LogP contribution is -2.19. The summed E-state index contributed by atoms with van der Waals surface area (Å²) in [6.45, 7) is 4.00. The highest BCUT2D eigenvalue weighted by atomic mass is 32.1. The Kier molecular flexibility index (Phi) is 4.38. The van der Waals surface area contributed by atoms with Gasteiger partial charge in [-0.05, 0) is 39.8 Å². The first-order chi connectivity index (χ1) is 10.2. The average Bonchev–Trinajstić information content (AvgIpc) is 3.13. The summed E-state index contributed by atoms with van der Waals surface area (Å²) in [4.78, 5) is 6.30.